The third kappa shape index (κ3) is 4.78. The zero-order valence-corrected chi connectivity index (χ0v) is 11.6. The molecular weight excluding hydrogens is 218 g/mol. The fourth-order valence-corrected chi connectivity index (χ4v) is 2.72. The molecule has 1 nitrogen and oxygen atoms in total. The van der Waals surface area contributed by atoms with Crippen LogP contribution in [-0.2, 0) is 0 Å². The molecule has 0 saturated heterocycles. The van der Waals surface area contributed by atoms with Gasteiger partial charge in [-0.15, -0.1) is 11.6 Å². The van der Waals surface area contributed by atoms with Crippen molar-refractivity contribution in [2.45, 2.75) is 70.6 Å². The summed E-state index contributed by atoms with van der Waals surface area (Å²) in [5.41, 5.74) is 2.79. The molecular formula is C14H26ClN. The minimum atomic E-state index is 0.240. The number of hydrogen-bond acceptors (Lipinski definition) is 1. The Balaban J connectivity index is 2.16. The van der Waals surface area contributed by atoms with Gasteiger partial charge in [0.05, 0.1) is 5.38 Å². The van der Waals surface area contributed by atoms with E-state index in [-0.39, 0.29) is 5.38 Å². The van der Waals surface area contributed by atoms with Crippen molar-refractivity contribution in [1.82, 2.24) is 5.32 Å². The molecule has 0 aromatic rings. The molecule has 0 fully saturated rings. The summed E-state index contributed by atoms with van der Waals surface area (Å²) in [5, 5.41) is 3.79. The molecule has 16 heavy (non-hydrogen) atoms. The van der Waals surface area contributed by atoms with Gasteiger partial charge in [-0.05, 0) is 32.6 Å². The molecule has 0 heterocycles. The summed E-state index contributed by atoms with van der Waals surface area (Å²) >= 11 is 6.32. The Hall–Kier alpha value is -0.170. The Morgan fingerprint density at radius 1 is 1.25 bits per heavy atom. The van der Waals surface area contributed by atoms with Crippen LogP contribution in [-0.4, -0.2) is 11.9 Å². The molecule has 0 radical (unpaired) electrons. The van der Waals surface area contributed by atoms with E-state index in [1.807, 2.05) is 0 Å². The molecule has 2 heteroatoms. The van der Waals surface area contributed by atoms with E-state index in [0.717, 1.165) is 13.0 Å². The highest BCUT2D eigenvalue weighted by molar-refractivity contribution is 6.22. The molecule has 1 atom stereocenters. The normalized spacial score (nSPS) is 21.3. The van der Waals surface area contributed by atoms with Gasteiger partial charge in [0.25, 0.3) is 0 Å². The van der Waals surface area contributed by atoms with Crippen molar-refractivity contribution in [3.63, 3.8) is 0 Å². The lowest BCUT2D eigenvalue weighted by Crippen LogP contribution is -2.26. The maximum Gasteiger partial charge on any atom is 0.0731 e. The minimum absolute atomic E-state index is 0.240. The number of rotatable bonds is 7. The Bertz CT molecular complexity index is 223. The summed E-state index contributed by atoms with van der Waals surface area (Å²) in [4.78, 5) is 0. The Kier molecular flexibility index (Phi) is 6.95. The average molecular weight is 244 g/mol. The molecule has 0 aromatic carbocycles. The van der Waals surface area contributed by atoms with Gasteiger partial charge in [0.2, 0.25) is 0 Å². The Morgan fingerprint density at radius 3 is 2.69 bits per heavy atom. The molecule has 0 aromatic heterocycles. The molecule has 1 unspecified atom stereocenters. The van der Waals surface area contributed by atoms with Crippen molar-refractivity contribution in [3.05, 3.63) is 11.3 Å². The molecule has 0 amide bonds. The molecule has 0 saturated carbocycles. The van der Waals surface area contributed by atoms with E-state index in [2.05, 4.69) is 19.2 Å². The minimum Gasteiger partial charge on any atom is -0.387 e. The van der Waals surface area contributed by atoms with Gasteiger partial charge in [-0.3, -0.25) is 0 Å². The average Bonchev–Trinajstić information content (AvgIpc) is 2.26. The zero-order chi connectivity index (χ0) is 11.8. The molecule has 1 N–H and O–H groups in total. The zero-order valence-electron chi connectivity index (χ0n) is 10.8. The van der Waals surface area contributed by atoms with Gasteiger partial charge in [0.1, 0.15) is 0 Å². The first-order valence-corrected chi connectivity index (χ1v) is 7.27. The van der Waals surface area contributed by atoms with Gasteiger partial charge < -0.3 is 5.32 Å². The van der Waals surface area contributed by atoms with Crippen LogP contribution in [0.2, 0.25) is 0 Å². The van der Waals surface area contributed by atoms with Crippen LogP contribution in [0.15, 0.2) is 11.3 Å². The fraction of sp³-hybridized carbons (Fsp3) is 0.857. The number of allylic oxidation sites excluding steroid dienone is 2. The summed E-state index contributed by atoms with van der Waals surface area (Å²) in [6.07, 6.45) is 10.3. The van der Waals surface area contributed by atoms with Crippen LogP contribution in [0.5, 0.6) is 0 Å². The van der Waals surface area contributed by atoms with E-state index >= 15 is 0 Å². The molecule has 94 valence electrons. The van der Waals surface area contributed by atoms with Gasteiger partial charge in [-0.25, -0.2) is 0 Å². The van der Waals surface area contributed by atoms with Gasteiger partial charge in [-0.1, -0.05) is 38.2 Å². The standard InChI is InChI=1S/C14H26ClN/c1-3-4-5-6-7-11-16-14-12(2)9-8-10-13(14)15/h13,16H,3-11H2,1-2H3. The predicted molar refractivity (Wildman–Crippen MR) is 73.0 cm³/mol. The van der Waals surface area contributed by atoms with Crippen molar-refractivity contribution in [2.75, 3.05) is 6.54 Å². The summed E-state index contributed by atoms with van der Waals surface area (Å²) < 4.78 is 0. The van der Waals surface area contributed by atoms with E-state index < -0.39 is 0 Å². The molecule has 1 aliphatic rings. The van der Waals surface area contributed by atoms with E-state index in [0.29, 0.717) is 0 Å². The van der Waals surface area contributed by atoms with Crippen molar-refractivity contribution in [1.29, 1.82) is 0 Å². The summed E-state index contributed by atoms with van der Waals surface area (Å²) in [7, 11) is 0. The number of alkyl halides is 1. The number of halogens is 1. The molecule has 0 spiro atoms. The fourth-order valence-electron chi connectivity index (χ4n) is 2.31. The van der Waals surface area contributed by atoms with E-state index in [4.69, 9.17) is 11.6 Å². The second-order valence-corrected chi connectivity index (χ2v) is 5.42. The van der Waals surface area contributed by atoms with Gasteiger partial charge in [0, 0.05) is 12.2 Å². The molecule has 0 bridgehead atoms. The maximum atomic E-state index is 6.32. The second kappa shape index (κ2) is 8.00. The van der Waals surface area contributed by atoms with Crippen molar-refractivity contribution >= 4 is 11.6 Å². The van der Waals surface area contributed by atoms with Crippen molar-refractivity contribution in [3.8, 4) is 0 Å². The van der Waals surface area contributed by atoms with Gasteiger partial charge in [0.15, 0.2) is 0 Å². The van der Waals surface area contributed by atoms with Crippen LogP contribution in [0.4, 0.5) is 0 Å². The lowest BCUT2D eigenvalue weighted by Gasteiger charge is -2.24. The number of unbranched alkanes of at least 4 members (excludes halogenated alkanes) is 4. The van der Waals surface area contributed by atoms with Crippen LogP contribution in [0.3, 0.4) is 0 Å². The lowest BCUT2D eigenvalue weighted by atomic mass is 9.97. The lowest BCUT2D eigenvalue weighted by molar-refractivity contribution is 0.579. The highest BCUT2D eigenvalue weighted by Gasteiger charge is 2.17. The number of hydrogen-bond donors (Lipinski definition) is 1. The number of nitrogens with one attached hydrogen (secondary N) is 1. The van der Waals surface area contributed by atoms with Gasteiger partial charge >= 0.3 is 0 Å². The van der Waals surface area contributed by atoms with E-state index in [9.17, 15) is 0 Å². The Morgan fingerprint density at radius 2 is 2.00 bits per heavy atom. The molecule has 1 rings (SSSR count). The summed E-state index contributed by atoms with van der Waals surface area (Å²) in [5.74, 6) is 0. The Labute approximate surface area is 106 Å². The van der Waals surface area contributed by atoms with Crippen LogP contribution in [0.1, 0.15) is 65.2 Å². The molecule has 1 aliphatic carbocycles. The van der Waals surface area contributed by atoms with E-state index in [1.165, 1.54) is 56.2 Å². The monoisotopic (exact) mass is 243 g/mol. The highest BCUT2D eigenvalue weighted by Crippen LogP contribution is 2.26. The quantitative estimate of drug-likeness (QED) is 0.509. The third-order valence-corrected chi connectivity index (χ3v) is 3.81. The van der Waals surface area contributed by atoms with Crippen LogP contribution in [0, 0.1) is 0 Å². The van der Waals surface area contributed by atoms with Crippen LogP contribution < -0.4 is 5.32 Å². The SMILES string of the molecule is CCCCCCCNC1=C(C)CCCC1Cl. The molecule has 0 aliphatic heterocycles. The predicted octanol–water partition coefficient (Wildman–Crippen LogP) is 4.61. The van der Waals surface area contributed by atoms with Crippen molar-refractivity contribution in [2.24, 2.45) is 0 Å². The summed E-state index contributed by atoms with van der Waals surface area (Å²) in [6, 6.07) is 0. The van der Waals surface area contributed by atoms with Gasteiger partial charge in [-0.2, -0.15) is 0 Å². The van der Waals surface area contributed by atoms with Crippen LogP contribution in [0.25, 0.3) is 0 Å². The smallest absolute Gasteiger partial charge is 0.0731 e. The first-order chi connectivity index (χ1) is 7.75. The van der Waals surface area contributed by atoms with Crippen LogP contribution >= 0.6 is 11.6 Å². The largest absolute Gasteiger partial charge is 0.387 e. The third-order valence-electron chi connectivity index (χ3n) is 3.38. The second-order valence-electron chi connectivity index (χ2n) is 4.89. The van der Waals surface area contributed by atoms with E-state index in [1.54, 1.807) is 0 Å². The maximum absolute atomic E-state index is 6.32. The first-order valence-electron chi connectivity index (χ1n) is 6.83. The highest BCUT2D eigenvalue weighted by atomic mass is 35.5. The van der Waals surface area contributed by atoms with Crippen molar-refractivity contribution < 1.29 is 0 Å². The summed E-state index contributed by atoms with van der Waals surface area (Å²) in [6.45, 7) is 5.57. The topological polar surface area (TPSA) is 12.0 Å². The first kappa shape index (κ1) is 13.9.